The fourth-order valence-electron chi connectivity index (χ4n) is 2.39. The number of hydrogen-bond donors (Lipinski definition) is 1. The van der Waals surface area contributed by atoms with Crippen molar-refractivity contribution in [1.82, 2.24) is 10.3 Å². The second-order valence-electron chi connectivity index (χ2n) is 4.98. The van der Waals surface area contributed by atoms with Gasteiger partial charge in [-0.1, -0.05) is 19.8 Å². The third-order valence-corrected chi connectivity index (χ3v) is 4.16. The lowest BCUT2D eigenvalue weighted by Crippen LogP contribution is -2.29. The number of nitrogens with zero attached hydrogens (tertiary/aromatic N) is 1. The maximum atomic E-state index is 4.45. The van der Waals surface area contributed by atoms with Crippen molar-refractivity contribution in [3.05, 3.63) is 16.1 Å². The van der Waals surface area contributed by atoms with E-state index in [1.807, 2.05) is 0 Å². The van der Waals surface area contributed by atoms with Gasteiger partial charge in [-0.15, -0.1) is 11.3 Å². The third-order valence-electron chi connectivity index (χ3n) is 3.34. The van der Waals surface area contributed by atoms with Crippen LogP contribution in [0.1, 0.15) is 43.3 Å². The van der Waals surface area contributed by atoms with Crippen molar-refractivity contribution in [1.29, 1.82) is 0 Å². The molecule has 1 fully saturated rings. The molecule has 0 aliphatic heterocycles. The highest BCUT2D eigenvalue weighted by Gasteiger charge is 2.27. The van der Waals surface area contributed by atoms with Crippen molar-refractivity contribution in [2.75, 3.05) is 6.54 Å². The second kappa shape index (κ2) is 4.62. The predicted octanol–water partition coefficient (Wildman–Crippen LogP) is 3.12. The molecule has 0 unspecified atom stereocenters. The van der Waals surface area contributed by atoms with Gasteiger partial charge in [-0.2, -0.15) is 0 Å². The van der Waals surface area contributed by atoms with Crippen molar-refractivity contribution in [2.45, 2.75) is 46.1 Å². The maximum Gasteiger partial charge on any atom is 0.0897 e. The normalized spacial score (nSPS) is 19.6. The average molecular weight is 224 g/mol. The van der Waals surface area contributed by atoms with Gasteiger partial charge in [0.25, 0.3) is 0 Å². The zero-order valence-corrected chi connectivity index (χ0v) is 10.5. The molecule has 0 aromatic carbocycles. The number of rotatable bonds is 4. The van der Waals surface area contributed by atoms with E-state index in [9.17, 15) is 0 Å². The van der Waals surface area contributed by atoms with Gasteiger partial charge in [0.05, 0.1) is 10.7 Å². The average Bonchev–Trinajstić information content (AvgIpc) is 2.76. The van der Waals surface area contributed by atoms with E-state index in [-0.39, 0.29) is 0 Å². The van der Waals surface area contributed by atoms with Crippen LogP contribution in [0.5, 0.6) is 0 Å². The van der Waals surface area contributed by atoms with Gasteiger partial charge >= 0.3 is 0 Å². The molecule has 0 bridgehead atoms. The van der Waals surface area contributed by atoms with Crippen LogP contribution in [0, 0.1) is 12.3 Å². The summed E-state index contributed by atoms with van der Waals surface area (Å²) in [6, 6.07) is 0. The molecule has 1 aromatic rings. The highest BCUT2D eigenvalue weighted by molar-refractivity contribution is 7.09. The van der Waals surface area contributed by atoms with Crippen molar-refractivity contribution in [3.63, 3.8) is 0 Å². The molecule has 0 spiro atoms. The SMILES string of the molecule is Cc1nc(CNCC2(C)CCCC2)cs1. The van der Waals surface area contributed by atoms with E-state index < -0.39 is 0 Å². The van der Waals surface area contributed by atoms with Crippen LogP contribution in [0.2, 0.25) is 0 Å². The van der Waals surface area contributed by atoms with E-state index in [4.69, 9.17) is 0 Å². The predicted molar refractivity (Wildman–Crippen MR) is 65.1 cm³/mol. The summed E-state index contributed by atoms with van der Waals surface area (Å²) in [6.45, 7) is 6.54. The Morgan fingerprint density at radius 1 is 1.47 bits per heavy atom. The standard InChI is InChI=1S/C12H20N2S/c1-10-14-11(8-15-10)7-13-9-12(2)5-3-4-6-12/h8,13H,3-7,9H2,1-2H3. The zero-order chi connectivity index (χ0) is 10.7. The summed E-state index contributed by atoms with van der Waals surface area (Å²) in [5.74, 6) is 0. The summed E-state index contributed by atoms with van der Waals surface area (Å²) >= 11 is 1.74. The smallest absolute Gasteiger partial charge is 0.0897 e. The van der Waals surface area contributed by atoms with Gasteiger partial charge in [0, 0.05) is 18.5 Å². The van der Waals surface area contributed by atoms with Crippen LogP contribution in [-0.2, 0) is 6.54 Å². The lowest BCUT2D eigenvalue weighted by Gasteiger charge is -2.23. The largest absolute Gasteiger partial charge is 0.311 e. The minimum Gasteiger partial charge on any atom is -0.311 e. The van der Waals surface area contributed by atoms with Gasteiger partial charge in [-0.3, -0.25) is 0 Å². The Morgan fingerprint density at radius 3 is 2.80 bits per heavy atom. The molecule has 1 heterocycles. The van der Waals surface area contributed by atoms with Crippen LogP contribution in [0.3, 0.4) is 0 Å². The molecular weight excluding hydrogens is 204 g/mol. The van der Waals surface area contributed by atoms with E-state index in [2.05, 4.69) is 29.5 Å². The summed E-state index contributed by atoms with van der Waals surface area (Å²) in [4.78, 5) is 4.45. The van der Waals surface area contributed by atoms with E-state index in [0.29, 0.717) is 5.41 Å². The first-order chi connectivity index (χ1) is 7.18. The Labute approximate surface area is 96.1 Å². The van der Waals surface area contributed by atoms with Crippen LogP contribution in [-0.4, -0.2) is 11.5 Å². The molecule has 3 heteroatoms. The minimum atomic E-state index is 0.547. The van der Waals surface area contributed by atoms with Crippen molar-refractivity contribution in [3.8, 4) is 0 Å². The van der Waals surface area contributed by atoms with Crippen molar-refractivity contribution < 1.29 is 0 Å². The lowest BCUT2D eigenvalue weighted by atomic mass is 9.89. The number of aromatic nitrogens is 1. The van der Waals surface area contributed by atoms with Crippen LogP contribution in [0.25, 0.3) is 0 Å². The summed E-state index contributed by atoms with van der Waals surface area (Å²) < 4.78 is 0. The quantitative estimate of drug-likeness (QED) is 0.850. The Morgan fingerprint density at radius 2 is 2.20 bits per heavy atom. The summed E-state index contributed by atoms with van der Waals surface area (Å²) in [7, 11) is 0. The Hall–Kier alpha value is -0.410. The number of aryl methyl sites for hydroxylation is 1. The van der Waals surface area contributed by atoms with Gasteiger partial charge in [0.2, 0.25) is 0 Å². The first-order valence-corrected chi connectivity index (χ1v) is 6.68. The van der Waals surface area contributed by atoms with Crippen LogP contribution < -0.4 is 5.32 Å². The van der Waals surface area contributed by atoms with E-state index in [1.54, 1.807) is 11.3 Å². The highest BCUT2D eigenvalue weighted by atomic mass is 32.1. The van der Waals surface area contributed by atoms with Crippen LogP contribution >= 0.6 is 11.3 Å². The van der Waals surface area contributed by atoms with Gasteiger partial charge in [-0.05, 0) is 25.2 Å². The second-order valence-corrected chi connectivity index (χ2v) is 6.04. The molecular formula is C12H20N2S. The molecule has 1 saturated carbocycles. The van der Waals surface area contributed by atoms with Gasteiger partial charge in [0.1, 0.15) is 0 Å². The number of thiazole rings is 1. The fraction of sp³-hybridized carbons (Fsp3) is 0.750. The Kier molecular flexibility index (Phi) is 3.42. The van der Waals surface area contributed by atoms with Crippen LogP contribution in [0.4, 0.5) is 0 Å². The van der Waals surface area contributed by atoms with Gasteiger partial charge in [0.15, 0.2) is 0 Å². The molecule has 1 aliphatic rings. The van der Waals surface area contributed by atoms with Gasteiger partial charge < -0.3 is 5.32 Å². The fourth-order valence-corrected chi connectivity index (χ4v) is 3.00. The summed E-state index contributed by atoms with van der Waals surface area (Å²) in [6.07, 6.45) is 5.59. The molecule has 84 valence electrons. The molecule has 0 radical (unpaired) electrons. The van der Waals surface area contributed by atoms with E-state index in [1.165, 1.54) is 36.4 Å². The first-order valence-electron chi connectivity index (χ1n) is 5.80. The molecule has 1 N–H and O–H groups in total. The Bertz CT molecular complexity index is 313. The summed E-state index contributed by atoms with van der Waals surface area (Å²) in [5.41, 5.74) is 1.74. The Balaban J connectivity index is 1.75. The molecule has 2 rings (SSSR count). The zero-order valence-electron chi connectivity index (χ0n) is 9.68. The monoisotopic (exact) mass is 224 g/mol. The highest BCUT2D eigenvalue weighted by Crippen LogP contribution is 2.36. The topological polar surface area (TPSA) is 24.9 Å². The van der Waals surface area contributed by atoms with Crippen molar-refractivity contribution in [2.24, 2.45) is 5.41 Å². The molecule has 15 heavy (non-hydrogen) atoms. The molecule has 0 atom stereocenters. The van der Waals surface area contributed by atoms with Gasteiger partial charge in [-0.25, -0.2) is 4.98 Å². The first kappa shape index (κ1) is 11.1. The lowest BCUT2D eigenvalue weighted by molar-refractivity contribution is 0.314. The molecule has 2 nitrogen and oxygen atoms in total. The minimum absolute atomic E-state index is 0.547. The van der Waals surface area contributed by atoms with Crippen LogP contribution in [0.15, 0.2) is 5.38 Å². The maximum absolute atomic E-state index is 4.45. The third kappa shape index (κ3) is 3.02. The molecule has 1 aromatic heterocycles. The summed E-state index contributed by atoms with van der Waals surface area (Å²) in [5, 5.41) is 6.86. The molecule has 0 amide bonds. The van der Waals surface area contributed by atoms with Crippen molar-refractivity contribution >= 4 is 11.3 Å². The molecule has 0 saturated heterocycles. The number of nitrogens with one attached hydrogen (secondary N) is 1. The molecule has 1 aliphatic carbocycles. The number of hydrogen-bond acceptors (Lipinski definition) is 3. The van der Waals surface area contributed by atoms with E-state index in [0.717, 1.165) is 13.1 Å². The van der Waals surface area contributed by atoms with E-state index >= 15 is 0 Å².